The summed E-state index contributed by atoms with van der Waals surface area (Å²) < 4.78 is 0. The first-order valence-corrected chi connectivity index (χ1v) is 5.25. The van der Waals surface area contributed by atoms with Crippen LogP contribution in [0.25, 0.3) is 12.2 Å². The van der Waals surface area contributed by atoms with E-state index in [1.165, 1.54) is 0 Å². The maximum Gasteiger partial charge on any atom is 0.0509 e. The lowest BCUT2D eigenvalue weighted by Crippen LogP contribution is -2.06. The van der Waals surface area contributed by atoms with E-state index < -0.39 is 0 Å². The van der Waals surface area contributed by atoms with E-state index in [0.29, 0.717) is 0 Å². The van der Waals surface area contributed by atoms with Crippen LogP contribution in [0.5, 0.6) is 0 Å². The first kappa shape index (κ1) is 11.4. The van der Waals surface area contributed by atoms with Crippen LogP contribution in [0.1, 0.15) is 11.1 Å². The summed E-state index contributed by atoms with van der Waals surface area (Å²) in [4.78, 5) is 0. The third-order valence-electron chi connectivity index (χ3n) is 2.38. The van der Waals surface area contributed by atoms with Crippen molar-refractivity contribution in [3.05, 3.63) is 70.9 Å². The van der Waals surface area contributed by atoms with Crippen molar-refractivity contribution in [3.63, 3.8) is 0 Å². The summed E-state index contributed by atoms with van der Waals surface area (Å²) in [6.07, 6.45) is 3.94. The molecule has 3 heteroatoms. The van der Waals surface area contributed by atoms with Gasteiger partial charge in [0.05, 0.1) is 5.69 Å². The summed E-state index contributed by atoms with van der Waals surface area (Å²) in [7, 11) is 0. The lowest BCUT2D eigenvalue weighted by atomic mass is 10.1. The highest BCUT2D eigenvalue weighted by Gasteiger charge is 1.91. The van der Waals surface area contributed by atoms with Crippen molar-refractivity contribution in [2.75, 3.05) is 5.23 Å². The van der Waals surface area contributed by atoms with E-state index in [1.54, 1.807) is 24.3 Å². The molecular formula is C14H12NO2-. The topological polar surface area (TPSA) is 46.5 Å². The first-order chi connectivity index (χ1) is 8.25. The molecule has 3 nitrogen and oxygen atoms in total. The van der Waals surface area contributed by atoms with Gasteiger partial charge in [-0.05, 0) is 23.3 Å². The van der Waals surface area contributed by atoms with E-state index in [1.807, 2.05) is 42.5 Å². The summed E-state index contributed by atoms with van der Waals surface area (Å²) in [5.74, 6) is 0. The Hall–Kier alpha value is -2.10. The molecule has 86 valence electrons. The molecule has 0 aliphatic heterocycles. The van der Waals surface area contributed by atoms with Crippen molar-refractivity contribution in [1.82, 2.24) is 0 Å². The van der Waals surface area contributed by atoms with Gasteiger partial charge in [0, 0.05) is 0 Å². The minimum absolute atomic E-state index is 0.148. The zero-order chi connectivity index (χ0) is 12.1. The van der Waals surface area contributed by atoms with Gasteiger partial charge in [-0.25, -0.2) is 0 Å². The van der Waals surface area contributed by atoms with Crippen molar-refractivity contribution in [3.8, 4) is 0 Å². The minimum atomic E-state index is -0.148. The lowest BCUT2D eigenvalue weighted by Gasteiger charge is -2.21. The number of anilines is 1. The summed E-state index contributed by atoms with van der Waals surface area (Å²) in [6, 6.07) is 16.6. The van der Waals surface area contributed by atoms with Gasteiger partial charge in [0.2, 0.25) is 0 Å². The Balaban J connectivity index is 2.12. The van der Waals surface area contributed by atoms with Gasteiger partial charge in [-0.3, -0.25) is 5.21 Å². The van der Waals surface area contributed by atoms with Gasteiger partial charge in [0.15, 0.2) is 0 Å². The Labute approximate surface area is 99.8 Å². The lowest BCUT2D eigenvalue weighted by molar-refractivity contribution is 0.296. The first-order valence-electron chi connectivity index (χ1n) is 5.25. The van der Waals surface area contributed by atoms with Gasteiger partial charge in [0.25, 0.3) is 0 Å². The molecule has 17 heavy (non-hydrogen) atoms. The molecule has 0 saturated heterocycles. The highest BCUT2D eigenvalue weighted by Crippen LogP contribution is 2.14. The predicted molar refractivity (Wildman–Crippen MR) is 69.4 cm³/mol. The third kappa shape index (κ3) is 3.17. The average molecular weight is 226 g/mol. The molecule has 2 aromatic carbocycles. The Morgan fingerprint density at radius 3 is 1.88 bits per heavy atom. The fraction of sp³-hybridized carbons (Fsp3) is 0. The van der Waals surface area contributed by atoms with Crippen molar-refractivity contribution in [1.29, 1.82) is 0 Å². The van der Waals surface area contributed by atoms with Crippen molar-refractivity contribution < 1.29 is 5.21 Å². The monoisotopic (exact) mass is 226 g/mol. The molecule has 2 aromatic rings. The van der Waals surface area contributed by atoms with Crippen LogP contribution in [0.3, 0.4) is 0 Å². The molecule has 0 atom stereocenters. The molecule has 0 aliphatic rings. The molecule has 0 radical (unpaired) electrons. The van der Waals surface area contributed by atoms with Crippen LogP contribution in [0.15, 0.2) is 54.6 Å². The molecule has 0 amide bonds. The van der Waals surface area contributed by atoms with Crippen LogP contribution in [0, 0.1) is 5.21 Å². The smallest absolute Gasteiger partial charge is 0.0509 e. The number of hydrogen-bond donors (Lipinski definition) is 1. The second kappa shape index (κ2) is 5.30. The van der Waals surface area contributed by atoms with Gasteiger partial charge in [-0.1, -0.05) is 54.6 Å². The minimum Gasteiger partial charge on any atom is -0.733 e. The maximum atomic E-state index is 10.6. The highest BCUT2D eigenvalue weighted by molar-refractivity contribution is 5.70. The zero-order valence-electron chi connectivity index (χ0n) is 9.15. The van der Waals surface area contributed by atoms with Gasteiger partial charge >= 0.3 is 0 Å². The largest absolute Gasteiger partial charge is 0.733 e. The summed E-state index contributed by atoms with van der Waals surface area (Å²) in [5.41, 5.74) is 2.31. The quantitative estimate of drug-likeness (QED) is 0.643. The van der Waals surface area contributed by atoms with Gasteiger partial charge in [-0.15, -0.1) is 0 Å². The highest BCUT2D eigenvalue weighted by atomic mass is 16.8. The van der Waals surface area contributed by atoms with Crippen LogP contribution in [0.2, 0.25) is 0 Å². The molecule has 0 heterocycles. The molecule has 1 N–H and O–H groups in total. The molecule has 0 bridgehead atoms. The van der Waals surface area contributed by atoms with Gasteiger partial charge in [0.1, 0.15) is 0 Å². The maximum absolute atomic E-state index is 10.6. The molecule has 2 rings (SSSR count). The second-order valence-corrected chi connectivity index (χ2v) is 3.61. The van der Waals surface area contributed by atoms with Crippen LogP contribution < -0.4 is 5.23 Å². The molecule has 0 spiro atoms. The molecule has 0 aliphatic carbocycles. The Morgan fingerprint density at radius 1 is 0.824 bits per heavy atom. The average Bonchev–Trinajstić information content (AvgIpc) is 2.38. The van der Waals surface area contributed by atoms with E-state index in [2.05, 4.69) is 0 Å². The third-order valence-corrected chi connectivity index (χ3v) is 2.38. The molecule has 0 saturated carbocycles. The van der Waals surface area contributed by atoms with E-state index in [4.69, 9.17) is 5.21 Å². The molecule has 0 aromatic heterocycles. The summed E-state index contributed by atoms with van der Waals surface area (Å²) in [5, 5.41) is 19.1. The Morgan fingerprint density at radius 2 is 1.35 bits per heavy atom. The molecular weight excluding hydrogens is 214 g/mol. The summed E-state index contributed by atoms with van der Waals surface area (Å²) in [6.45, 7) is 0. The van der Waals surface area contributed by atoms with Crippen LogP contribution in [-0.4, -0.2) is 5.21 Å². The number of nitrogens with zero attached hydrogens (tertiary/aromatic N) is 1. The number of hydrogen-bond acceptors (Lipinski definition) is 3. The summed E-state index contributed by atoms with van der Waals surface area (Å²) >= 11 is 0. The van der Waals surface area contributed by atoms with E-state index in [0.717, 1.165) is 11.1 Å². The van der Waals surface area contributed by atoms with E-state index in [-0.39, 0.29) is 10.9 Å². The fourth-order valence-electron chi connectivity index (χ4n) is 1.47. The van der Waals surface area contributed by atoms with Crippen LogP contribution in [-0.2, 0) is 0 Å². The fourth-order valence-corrected chi connectivity index (χ4v) is 1.47. The van der Waals surface area contributed by atoms with Crippen LogP contribution >= 0.6 is 0 Å². The van der Waals surface area contributed by atoms with Gasteiger partial charge < -0.3 is 10.4 Å². The molecule has 0 fully saturated rings. The van der Waals surface area contributed by atoms with E-state index >= 15 is 0 Å². The second-order valence-electron chi connectivity index (χ2n) is 3.61. The zero-order valence-corrected chi connectivity index (χ0v) is 9.15. The number of rotatable bonds is 3. The van der Waals surface area contributed by atoms with Crippen LogP contribution in [0.4, 0.5) is 5.69 Å². The SMILES string of the molecule is [O-]N(O)c1ccc(C=Cc2ccccc2)cc1. The standard InChI is InChI=1S/C14H12NO2/c16-15(17)14-10-8-13(9-11-14)7-6-12-4-2-1-3-5-12/h1-11,16H/q-1. The Kier molecular flexibility index (Phi) is 3.55. The predicted octanol–water partition coefficient (Wildman–Crippen LogP) is 3.55. The van der Waals surface area contributed by atoms with Gasteiger partial charge in [-0.2, -0.15) is 0 Å². The number of benzene rings is 2. The molecule has 0 unspecified atom stereocenters. The Bertz CT molecular complexity index is 489. The normalized spacial score (nSPS) is 10.7. The van der Waals surface area contributed by atoms with Crippen molar-refractivity contribution >= 4 is 17.8 Å². The van der Waals surface area contributed by atoms with Crippen molar-refractivity contribution in [2.24, 2.45) is 0 Å². The van der Waals surface area contributed by atoms with E-state index in [9.17, 15) is 5.21 Å². The van der Waals surface area contributed by atoms with Crippen molar-refractivity contribution in [2.45, 2.75) is 0 Å².